The molecule has 0 radical (unpaired) electrons. The SMILES string of the molecule is CCCN1C=NS(=O)(=O)c2cc(C(=O)N3CCN(c4ccccc4)CC3)ccc21. The summed E-state index contributed by atoms with van der Waals surface area (Å²) < 4.78 is 28.5. The van der Waals surface area contributed by atoms with Crippen LogP contribution >= 0.6 is 0 Å². The zero-order chi connectivity index (χ0) is 20.4. The molecule has 152 valence electrons. The Hall–Kier alpha value is -2.87. The Morgan fingerprint density at radius 2 is 1.76 bits per heavy atom. The second-order valence-electron chi connectivity index (χ2n) is 7.19. The maximum Gasteiger partial charge on any atom is 0.285 e. The number of piperazine rings is 1. The first kappa shape index (κ1) is 19.4. The van der Waals surface area contributed by atoms with Gasteiger partial charge in [-0.25, -0.2) is 0 Å². The molecule has 7 nitrogen and oxygen atoms in total. The van der Waals surface area contributed by atoms with E-state index >= 15 is 0 Å². The number of rotatable bonds is 4. The monoisotopic (exact) mass is 412 g/mol. The van der Waals surface area contributed by atoms with Crippen molar-refractivity contribution in [2.24, 2.45) is 4.40 Å². The summed E-state index contributed by atoms with van der Waals surface area (Å²) in [7, 11) is -3.78. The summed E-state index contributed by atoms with van der Waals surface area (Å²) in [5, 5.41) is 0. The number of para-hydroxylation sites is 1. The predicted molar refractivity (Wildman–Crippen MR) is 114 cm³/mol. The van der Waals surface area contributed by atoms with Crippen LogP contribution in [0.2, 0.25) is 0 Å². The first-order valence-electron chi connectivity index (χ1n) is 9.80. The summed E-state index contributed by atoms with van der Waals surface area (Å²) in [5.74, 6) is -0.146. The Kier molecular flexibility index (Phi) is 5.27. The van der Waals surface area contributed by atoms with Gasteiger partial charge in [-0.1, -0.05) is 25.1 Å². The molecule has 2 heterocycles. The van der Waals surface area contributed by atoms with Crippen LogP contribution in [0.1, 0.15) is 23.7 Å². The van der Waals surface area contributed by atoms with Crippen LogP contribution in [0, 0.1) is 0 Å². The lowest BCUT2D eigenvalue weighted by Crippen LogP contribution is -2.48. The molecule has 0 saturated carbocycles. The summed E-state index contributed by atoms with van der Waals surface area (Å²) in [5.41, 5.74) is 2.11. The molecule has 1 fully saturated rings. The second kappa shape index (κ2) is 7.87. The van der Waals surface area contributed by atoms with E-state index in [0.29, 0.717) is 30.9 Å². The lowest BCUT2D eigenvalue weighted by atomic mass is 10.1. The minimum absolute atomic E-state index is 0.0993. The molecule has 2 aliphatic heterocycles. The lowest BCUT2D eigenvalue weighted by molar-refractivity contribution is 0.0746. The van der Waals surface area contributed by atoms with Gasteiger partial charge in [0.15, 0.2) is 0 Å². The van der Waals surface area contributed by atoms with Crippen LogP contribution in [0.25, 0.3) is 0 Å². The quantitative estimate of drug-likeness (QED) is 0.772. The van der Waals surface area contributed by atoms with Gasteiger partial charge in [-0.3, -0.25) is 4.79 Å². The first-order chi connectivity index (χ1) is 14.0. The molecular formula is C21H24N4O3S. The van der Waals surface area contributed by atoms with Crippen LogP contribution < -0.4 is 9.80 Å². The molecule has 8 heteroatoms. The summed E-state index contributed by atoms with van der Waals surface area (Å²) >= 11 is 0. The van der Waals surface area contributed by atoms with E-state index in [1.54, 1.807) is 17.0 Å². The third kappa shape index (κ3) is 3.85. The number of carbonyl (C=O) groups is 1. The van der Waals surface area contributed by atoms with Crippen molar-refractivity contribution in [3.63, 3.8) is 0 Å². The van der Waals surface area contributed by atoms with Crippen LogP contribution in [0.5, 0.6) is 0 Å². The highest BCUT2D eigenvalue weighted by molar-refractivity contribution is 7.90. The Morgan fingerprint density at radius 1 is 1.03 bits per heavy atom. The topological polar surface area (TPSA) is 73.3 Å². The van der Waals surface area contributed by atoms with Crippen molar-refractivity contribution in [1.82, 2.24) is 4.90 Å². The van der Waals surface area contributed by atoms with E-state index in [-0.39, 0.29) is 10.8 Å². The Bertz CT molecular complexity index is 1030. The van der Waals surface area contributed by atoms with Crippen LogP contribution in [-0.2, 0) is 10.0 Å². The Morgan fingerprint density at radius 3 is 2.45 bits per heavy atom. The fourth-order valence-electron chi connectivity index (χ4n) is 3.74. The molecule has 0 atom stereocenters. The third-order valence-corrected chi connectivity index (χ3v) is 6.53. The maximum absolute atomic E-state index is 13.0. The van der Waals surface area contributed by atoms with Crippen molar-refractivity contribution in [2.45, 2.75) is 18.2 Å². The highest BCUT2D eigenvalue weighted by Gasteiger charge is 2.28. The number of benzene rings is 2. The molecule has 2 aliphatic rings. The van der Waals surface area contributed by atoms with Gasteiger partial charge in [0.2, 0.25) is 0 Å². The number of amides is 1. The molecule has 2 aromatic carbocycles. The van der Waals surface area contributed by atoms with E-state index in [1.807, 2.05) is 30.0 Å². The molecular weight excluding hydrogens is 388 g/mol. The molecule has 2 aromatic rings. The highest BCUT2D eigenvalue weighted by atomic mass is 32.2. The van der Waals surface area contributed by atoms with Gasteiger partial charge in [0.1, 0.15) is 11.2 Å². The molecule has 1 saturated heterocycles. The number of hydrogen-bond acceptors (Lipinski definition) is 5. The molecule has 4 rings (SSSR count). The number of hydrogen-bond donors (Lipinski definition) is 0. The van der Waals surface area contributed by atoms with Gasteiger partial charge in [0, 0.05) is 44.0 Å². The average molecular weight is 413 g/mol. The maximum atomic E-state index is 13.0. The zero-order valence-corrected chi connectivity index (χ0v) is 17.2. The number of sulfonamides is 1. The summed E-state index contributed by atoms with van der Waals surface area (Å²) in [6.07, 6.45) is 2.21. The summed E-state index contributed by atoms with van der Waals surface area (Å²) in [6.45, 7) is 5.36. The van der Waals surface area contributed by atoms with Crippen molar-refractivity contribution in [1.29, 1.82) is 0 Å². The predicted octanol–water partition coefficient (Wildman–Crippen LogP) is 2.60. The number of anilines is 2. The van der Waals surface area contributed by atoms with Gasteiger partial charge >= 0.3 is 0 Å². The van der Waals surface area contributed by atoms with Crippen LogP contribution in [0.4, 0.5) is 11.4 Å². The van der Waals surface area contributed by atoms with Crippen molar-refractivity contribution < 1.29 is 13.2 Å². The summed E-state index contributed by atoms with van der Waals surface area (Å²) in [4.78, 5) is 18.9. The molecule has 29 heavy (non-hydrogen) atoms. The van der Waals surface area contributed by atoms with E-state index in [0.717, 1.165) is 25.2 Å². The Labute approximate surface area is 171 Å². The number of nitrogens with zero attached hydrogens (tertiary/aromatic N) is 4. The number of fused-ring (bicyclic) bond motifs is 1. The van der Waals surface area contributed by atoms with Gasteiger partial charge < -0.3 is 14.7 Å². The van der Waals surface area contributed by atoms with Crippen molar-refractivity contribution >= 4 is 33.6 Å². The molecule has 0 aliphatic carbocycles. The Balaban J connectivity index is 1.52. The standard InChI is InChI=1S/C21H24N4O3S/c1-2-10-25-16-22-29(27,28)20-15-17(8-9-19(20)25)21(26)24-13-11-23(12-14-24)18-6-4-3-5-7-18/h3-9,15-16H,2,10-14H2,1H3. The lowest BCUT2D eigenvalue weighted by Gasteiger charge is -2.36. The third-order valence-electron chi connectivity index (χ3n) is 5.27. The van der Waals surface area contributed by atoms with E-state index in [4.69, 9.17) is 0 Å². The largest absolute Gasteiger partial charge is 0.368 e. The second-order valence-corrected chi connectivity index (χ2v) is 8.79. The van der Waals surface area contributed by atoms with E-state index in [1.165, 1.54) is 12.4 Å². The first-order valence-corrected chi connectivity index (χ1v) is 11.2. The smallest absolute Gasteiger partial charge is 0.285 e. The van der Waals surface area contributed by atoms with Gasteiger partial charge in [0.25, 0.3) is 15.9 Å². The molecule has 0 unspecified atom stereocenters. The molecule has 1 amide bonds. The summed E-state index contributed by atoms with van der Waals surface area (Å²) in [6, 6.07) is 15.0. The molecule has 0 N–H and O–H groups in total. The van der Waals surface area contributed by atoms with Gasteiger partial charge in [0.05, 0.1) is 5.69 Å². The van der Waals surface area contributed by atoms with E-state index < -0.39 is 10.0 Å². The fraction of sp³-hybridized carbons (Fsp3) is 0.333. The normalized spacial score (nSPS) is 17.9. The average Bonchev–Trinajstić information content (AvgIpc) is 2.76. The molecule has 0 spiro atoms. The molecule has 0 bridgehead atoms. The van der Waals surface area contributed by atoms with Gasteiger partial charge in [-0.05, 0) is 36.8 Å². The van der Waals surface area contributed by atoms with Crippen LogP contribution in [-0.4, -0.2) is 58.3 Å². The van der Waals surface area contributed by atoms with Gasteiger partial charge in [-0.2, -0.15) is 8.42 Å². The van der Waals surface area contributed by atoms with Crippen LogP contribution in [0.15, 0.2) is 57.8 Å². The van der Waals surface area contributed by atoms with E-state index in [9.17, 15) is 13.2 Å². The molecule has 0 aromatic heterocycles. The zero-order valence-electron chi connectivity index (χ0n) is 16.4. The van der Waals surface area contributed by atoms with Crippen molar-refractivity contribution in [2.75, 3.05) is 42.5 Å². The highest BCUT2D eigenvalue weighted by Crippen LogP contribution is 2.31. The minimum Gasteiger partial charge on any atom is -0.368 e. The van der Waals surface area contributed by atoms with Crippen LogP contribution in [0.3, 0.4) is 0 Å². The van der Waals surface area contributed by atoms with Crippen molar-refractivity contribution in [3.8, 4) is 0 Å². The van der Waals surface area contributed by atoms with Gasteiger partial charge in [-0.15, -0.1) is 4.40 Å². The number of carbonyl (C=O) groups excluding carboxylic acids is 1. The van der Waals surface area contributed by atoms with E-state index in [2.05, 4.69) is 21.4 Å². The minimum atomic E-state index is -3.78. The van der Waals surface area contributed by atoms with Crippen molar-refractivity contribution in [3.05, 3.63) is 54.1 Å². The fourth-order valence-corrected chi connectivity index (χ4v) is 4.81.